The second-order valence-electron chi connectivity index (χ2n) is 5.18. The van der Waals surface area contributed by atoms with Crippen LogP contribution in [0, 0.1) is 0 Å². The third-order valence-electron chi connectivity index (χ3n) is 3.67. The molecule has 3 rings (SSSR count). The summed E-state index contributed by atoms with van der Waals surface area (Å²) >= 11 is 0. The van der Waals surface area contributed by atoms with Gasteiger partial charge in [0.25, 0.3) is 0 Å². The SMILES string of the molecule is CCOC(=O)c1cnc(N2c3ccccc3CC2C)nc1O. The number of carbonyl (C=O) groups is 1. The normalized spacial score (nSPS) is 16.5. The molecule has 6 heteroatoms. The number of hydrogen-bond acceptors (Lipinski definition) is 6. The van der Waals surface area contributed by atoms with Crippen molar-refractivity contribution in [2.75, 3.05) is 11.5 Å². The molecular weight excluding hydrogens is 282 g/mol. The van der Waals surface area contributed by atoms with Gasteiger partial charge in [0.05, 0.1) is 12.8 Å². The maximum absolute atomic E-state index is 11.7. The molecule has 0 radical (unpaired) electrons. The molecule has 114 valence electrons. The van der Waals surface area contributed by atoms with E-state index in [2.05, 4.69) is 23.0 Å². The molecule has 0 saturated heterocycles. The highest BCUT2D eigenvalue weighted by Gasteiger charge is 2.29. The molecule has 1 atom stereocenters. The van der Waals surface area contributed by atoms with E-state index in [4.69, 9.17) is 4.74 Å². The van der Waals surface area contributed by atoms with Crippen LogP contribution in [0.3, 0.4) is 0 Å². The number of aromatic nitrogens is 2. The van der Waals surface area contributed by atoms with E-state index in [-0.39, 0.29) is 24.1 Å². The van der Waals surface area contributed by atoms with Crippen LogP contribution in [0.25, 0.3) is 0 Å². The first kappa shape index (κ1) is 14.3. The van der Waals surface area contributed by atoms with Crippen LogP contribution in [0.2, 0.25) is 0 Å². The predicted molar refractivity (Wildman–Crippen MR) is 81.4 cm³/mol. The molecule has 1 unspecified atom stereocenters. The summed E-state index contributed by atoms with van der Waals surface area (Å²) in [5.41, 5.74) is 2.22. The number of rotatable bonds is 3. The van der Waals surface area contributed by atoms with Crippen LogP contribution in [-0.4, -0.2) is 33.7 Å². The van der Waals surface area contributed by atoms with Crippen molar-refractivity contribution in [3.63, 3.8) is 0 Å². The van der Waals surface area contributed by atoms with E-state index in [1.54, 1.807) is 6.92 Å². The summed E-state index contributed by atoms with van der Waals surface area (Å²) in [5, 5.41) is 10.0. The van der Waals surface area contributed by atoms with Crippen LogP contribution in [0.5, 0.6) is 5.88 Å². The quantitative estimate of drug-likeness (QED) is 0.877. The Hall–Kier alpha value is -2.63. The van der Waals surface area contributed by atoms with E-state index < -0.39 is 5.97 Å². The fourth-order valence-corrected chi connectivity index (χ4v) is 2.70. The van der Waals surface area contributed by atoms with Gasteiger partial charge in [-0.15, -0.1) is 0 Å². The highest BCUT2D eigenvalue weighted by Crippen LogP contribution is 2.36. The lowest BCUT2D eigenvalue weighted by Crippen LogP contribution is -2.26. The molecular formula is C16H17N3O3. The van der Waals surface area contributed by atoms with E-state index in [0.717, 1.165) is 12.1 Å². The Morgan fingerprint density at radius 1 is 1.45 bits per heavy atom. The minimum absolute atomic E-state index is 0.0225. The zero-order chi connectivity index (χ0) is 15.7. The van der Waals surface area contributed by atoms with Crippen LogP contribution in [0.1, 0.15) is 29.8 Å². The van der Waals surface area contributed by atoms with Crippen molar-refractivity contribution >= 4 is 17.6 Å². The Balaban J connectivity index is 1.96. The van der Waals surface area contributed by atoms with Crippen molar-refractivity contribution in [3.8, 4) is 5.88 Å². The fraction of sp³-hybridized carbons (Fsp3) is 0.312. The Morgan fingerprint density at radius 3 is 2.95 bits per heavy atom. The summed E-state index contributed by atoms with van der Waals surface area (Å²) in [6, 6.07) is 8.20. The molecule has 0 aliphatic carbocycles. The van der Waals surface area contributed by atoms with Gasteiger partial charge in [-0.1, -0.05) is 18.2 Å². The van der Waals surface area contributed by atoms with Gasteiger partial charge < -0.3 is 14.7 Å². The molecule has 1 aliphatic rings. The summed E-state index contributed by atoms with van der Waals surface area (Å²) in [5.74, 6) is -0.607. The number of ether oxygens (including phenoxy) is 1. The molecule has 2 heterocycles. The number of esters is 1. The number of hydrogen-bond donors (Lipinski definition) is 1. The molecule has 1 aromatic carbocycles. The van der Waals surface area contributed by atoms with Gasteiger partial charge in [-0.25, -0.2) is 9.78 Å². The van der Waals surface area contributed by atoms with Crippen molar-refractivity contribution in [3.05, 3.63) is 41.6 Å². The van der Waals surface area contributed by atoms with E-state index >= 15 is 0 Å². The summed E-state index contributed by atoms with van der Waals surface area (Å²) in [6.45, 7) is 4.00. The summed E-state index contributed by atoms with van der Waals surface area (Å²) < 4.78 is 4.86. The number of nitrogens with zero attached hydrogens (tertiary/aromatic N) is 3. The van der Waals surface area contributed by atoms with Crippen molar-refractivity contribution in [2.45, 2.75) is 26.3 Å². The first-order valence-corrected chi connectivity index (χ1v) is 7.22. The Bertz CT molecular complexity index is 718. The first-order valence-electron chi connectivity index (χ1n) is 7.22. The molecule has 6 nitrogen and oxygen atoms in total. The van der Waals surface area contributed by atoms with Crippen molar-refractivity contribution < 1.29 is 14.6 Å². The molecule has 0 bridgehead atoms. The van der Waals surface area contributed by atoms with Gasteiger partial charge in [-0.3, -0.25) is 0 Å². The molecule has 0 amide bonds. The minimum atomic E-state index is -0.624. The van der Waals surface area contributed by atoms with Gasteiger partial charge in [0.15, 0.2) is 0 Å². The summed E-state index contributed by atoms with van der Waals surface area (Å²) in [6.07, 6.45) is 2.20. The number of anilines is 2. The van der Waals surface area contributed by atoms with E-state index in [1.165, 1.54) is 11.8 Å². The highest BCUT2D eigenvalue weighted by atomic mass is 16.5. The zero-order valence-electron chi connectivity index (χ0n) is 12.5. The van der Waals surface area contributed by atoms with Crippen LogP contribution in [0.15, 0.2) is 30.5 Å². The summed E-state index contributed by atoms with van der Waals surface area (Å²) in [7, 11) is 0. The number of para-hydroxylation sites is 1. The third-order valence-corrected chi connectivity index (χ3v) is 3.67. The molecule has 0 fully saturated rings. The molecule has 1 aromatic heterocycles. The van der Waals surface area contributed by atoms with Gasteiger partial charge in [0, 0.05) is 11.7 Å². The zero-order valence-corrected chi connectivity index (χ0v) is 12.5. The second-order valence-corrected chi connectivity index (χ2v) is 5.18. The topological polar surface area (TPSA) is 75.5 Å². The molecule has 22 heavy (non-hydrogen) atoms. The fourth-order valence-electron chi connectivity index (χ4n) is 2.70. The summed E-state index contributed by atoms with van der Waals surface area (Å²) in [4.78, 5) is 22.0. The highest BCUT2D eigenvalue weighted by molar-refractivity contribution is 5.91. The number of aromatic hydroxyl groups is 1. The first-order chi connectivity index (χ1) is 10.6. The van der Waals surface area contributed by atoms with Crippen molar-refractivity contribution in [1.82, 2.24) is 9.97 Å². The number of benzene rings is 1. The minimum Gasteiger partial charge on any atom is -0.493 e. The van der Waals surface area contributed by atoms with E-state index in [0.29, 0.717) is 5.95 Å². The lowest BCUT2D eigenvalue weighted by Gasteiger charge is -2.22. The maximum atomic E-state index is 11.7. The third kappa shape index (κ3) is 2.36. The van der Waals surface area contributed by atoms with E-state index in [1.807, 2.05) is 23.1 Å². The largest absolute Gasteiger partial charge is 0.493 e. The predicted octanol–water partition coefficient (Wildman–Crippen LogP) is 2.44. The average molecular weight is 299 g/mol. The standard InChI is InChI=1S/C16H17N3O3/c1-3-22-15(21)12-9-17-16(18-14(12)20)19-10(2)8-11-6-4-5-7-13(11)19/h4-7,9-10H,3,8H2,1-2H3,(H,17,18,20). The Labute approximate surface area is 128 Å². The lowest BCUT2D eigenvalue weighted by atomic mass is 10.1. The van der Waals surface area contributed by atoms with Gasteiger partial charge in [-0.05, 0) is 31.9 Å². The maximum Gasteiger partial charge on any atom is 0.345 e. The Kier molecular flexibility index (Phi) is 3.66. The van der Waals surface area contributed by atoms with Gasteiger partial charge in [0.1, 0.15) is 5.56 Å². The molecule has 0 saturated carbocycles. The van der Waals surface area contributed by atoms with Crippen molar-refractivity contribution in [2.24, 2.45) is 0 Å². The van der Waals surface area contributed by atoms with Gasteiger partial charge in [-0.2, -0.15) is 4.98 Å². The van der Waals surface area contributed by atoms with Crippen LogP contribution in [0.4, 0.5) is 11.6 Å². The monoisotopic (exact) mass is 299 g/mol. The average Bonchev–Trinajstić information content (AvgIpc) is 2.83. The van der Waals surface area contributed by atoms with E-state index in [9.17, 15) is 9.90 Å². The van der Waals surface area contributed by atoms with Crippen LogP contribution >= 0.6 is 0 Å². The molecule has 0 spiro atoms. The number of fused-ring (bicyclic) bond motifs is 1. The van der Waals surface area contributed by atoms with Gasteiger partial charge >= 0.3 is 5.97 Å². The van der Waals surface area contributed by atoms with Crippen LogP contribution in [-0.2, 0) is 11.2 Å². The second kappa shape index (κ2) is 5.63. The lowest BCUT2D eigenvalue weighted by molar-refractivity contribution is 0.0521. The molecule has 1 N–H and O–H groups in total. The van der Waals surface area contributed by atoms with Crippen LogP contribution < -0.4 is 4.90 Å². The molecule has 2 aromatic rings. The van der Waals surface area contributed by atoms with Gasteiger partial charge in [0.2, 0.25) is 11.8 Å². The van der Waals surface area contributed by atoms with Crippen molar-refractivity contribution in [1.29, 1.82) is 0 Å². The smallest absolute Gasteiger partial charge is 0.345 e. The molecule has 1 aliphatic heterocycles. The number of carbonyl (C=O) groups excluding carboxylic acids is 1. The Morgan fingerprint density at radius 2 is 2.23 bits per heavy atom.